The van der Waals surface area contributed by atoms with Gasteiger partial charge in [-0.15, -0.1) is 0 Å². The Balaban J connectivity index is 4.65. The van der Waals surface area contributed by atoms with Crippen molar-refractivity contribution in [2.24, 2.45) is 5.41 Å². The van der Waals surface area contributed by atoms with Gasteiger partial charge in [-0.05, 0) is 12.3 Å². The van der Waals surface area contributed by atoms with Crippen molar-refractivity contribution < 1.29 is 0 Å². The molecule has 0 fully saturated rings. The molecule has 0 nitrogen and oxygen atoms in total. The molecule has 0 heterocycles. The van der Waals surface area contributed by atoms with E-state index in [9.17, 15) is 0 Å². The Labute approximate surface area is 67.6 Å². The second kappa shape index (κ2) is 3.16. The highest BCUT2D eigenvalue weighted by atomic mass is 31.1. The SMILES string of the molecule is C=PC(C)(P=C)C(C)(C)C. The molecule has 0 spiro atoms. The van der Waals surface area contributed by atoms with Crippen LogP contribution in [0.25, 0.3) is 0 Å². The minimum Gasteiger partial charge on any atom is -0.0962 e. The van der Waals surface area contributed by atoms with Crippen molar-refractivity contribution in [1.29, 1.82) is 0 Å². The molecule has 0 radical (unpaired) electrons. The Morgan fingerprint density at radius 3 is 1.20 bits per heavy atom. The molecule has 2 heteroatoms. The van der Waals surface area contributed by atoms with Gasteiger partial charge >= 0.3 is 0 Å². The quantitative estimate of drug-likeness (QED) is 0.562. The first-order chi connectivity index (χ1) is 4.37. The molecule has 0 aliphatic heterocycles. The van der Waals surface area contributed by atoms with Gasteiger partial charge in [0.2, 0.25) is 0 Å². The predicted molar refractivity (Wildman–Crippen MR) is 55.9 cm³/mol. The summed E-state index contributed by atoms with van der Waals surface area (Å²) in [5, 5.41) is 0. The monoisotopic (exact) mass is 174 g/mol. The molecule has 0 unspecified atom stereocenters. The average molecular weight is 174 g/mol. The van der Waals surface area contributed by atoms with Gasteiger partial charge in [0.15, 0.2) is 0 Å². The second-order valence-electron chi connectivity index (χ2n) is 3.59. The maximum atomic E-state index is 3.92. The summed E-state index contributed by atoms with van der Waals surface area (Å²) >= 11 is 0. The van der Waals surface area contributed by atoms with Gasteiger partial charge in [0.05, 0.1) is 4.90 Å². The zero-order chi connectivity index (χ0) is 8.41. The van der Waals surface area contributed by atoms with Crippen molar-refractivity contribution in [3.63, 3.8) is 0 Å². The lowest BCUT2D eigenvalue weighted by atomic mass is 9.92. The van der Waals surface area contributed by atoms with Gasteiger partial charge < -0.3 is 0 Å². The van der Waals surface area contributed by atoms with Crippen molar-refractivity contribution in [2.45, 2.75) is 32.6 Å². The third-order valence-electron chi connectivity index (χ3n) is 2.04. The Kier molecular flexibility index (Phi) is 3.27. The van der Waals surface area contributed by atoms with Crippen LogP contribution in [-0.2, 0) is 0 Å². The maximum absolute atomic E-state index is 3.92. The Morgan fingerprint density at radius 1 is 0.900 bits per heavy atom. The smallest absolute Gasteiger partial charge is 0.0545 e. The molecule has 0 aromatic heterocycles. The van der Waals surface area contributed by atoms with Crippen molar-refractivity contribution in [3.8, 4) is 0 Å². The van der Waals surface area contributed by atoms with E-state index in [1.54, 1.807) is 0 Å². The fourth-order valence-corrected chi connectivity index (χ4v) is 1.87. The first-order valence-corrected chi connectivity index (χ1v) is 5.49. The molecule has 0 bridgehead atoms. The fourth-order valence-electron chi connectivity index (χ4n) is 0.524. The van der Waals surface area contributed by atoms with Gasteiger partial charge in [-0.2, -0.15) is 0 Å². The van der Waals surface area contributed by atoms with Crippen LogP contribution in [0.2, 0.25) is 0 Å². The van der Waals surface area contributed by atoms with Crippen molar-refractivity contribution >= 4 is 29.0 Å². The topological polar surface area (TPSA) is 0 Å². The second-order valence-corrected chi connectivity index (χ2v) is 6.36. The third-order valence-corrected chi connectivity index (χ3v) is 5.46. The van der Waals surface area contributed by atoms with Gasteiger partial charge in [0.25, 0.3) is 0 Å². The van der Waals surface area contributed by atoms with Crippen LogP contribution in [0.15, 0.2) is 0 Å². The molecule has 0 aliphatic carbocycles. The average Bonchev–Trinajstić information content (AvgIpc) is 1.84. The molecule has 0 saturated carbocycles. The molecule has 0 aromatic rings. The van der Waals surface area contributed by atoms with Crippen LogP contribution >= 0.6 is 16.4 Å². The van der Waals surface area contributed by atoms with Gasteiger partial charge in [-0.25, -0.2) is 0 Å². The fraction of sp³-hybridized carbons (Fsp3) is 0.750. The van der Waals surface area contributed by atoms with Crippen LogP contribution < -0.4 is 0 Å². The molecule has 0 N–H and O–H groups in total. The first kappa shape index (κ1) is 10.3. The molecule has 0 atom stereocenters. The standard InChI is InChI=1S/C8H16P2/c1-7(2,3)8(4,9-5)10-6/h5-6H2,1-4H3. The molecular formula is C8H16P2. The van der Waals surface area contributed by atoms with Gasteiger partial charge in [0.1, 0.15) is 0 Å². The summed E-state index contributed by atoms with van der Waals surface area (Å²) in [5.41, 5.74) is 0.305. The molecule has 0 saturated heterocycles. The Morgan fingerprint density at radius 2 is 1.20 bits per heavy atom. The van der Waals surface area contributed by atoms with Crippen LogP contribution in [0.5, 0.6) is 0 Å². The highest BCUT2D eigenvalue weighted by Crippen LogP contribution is 2.48. The number of rotatable bonds is 2. The van der Waals surface area contributed by atoms with Crippen LogP contribution in [0.3, 0.4) is 0 Å². The summed E-state index contributed by atoms with van der Waals surface area (Å²) in [6.45, 7) is 8.95. The van der Waals surface area contributed by atoms with Crippen LogP contribution in [0, 0.1) is 5.41 Å². The van der Waals surface area contributed by atoms with Gasteiger partial charge in [-0.1, -0.05) is 49.8 Å². The van der Waals surface area contributed by atoms with E-state index in [-0.39, 0.29) is 4.90 Å². The molecule has 0 amide bonds. The first-order valence-electron chi connectivity index (χ1n) is 3.33. The lowest BCUT2D eigenvalue weighted by Gasteiger charge is -2.35. The van der Waals surface area contributed by atoms with E-state index in [2.05, 4.69) is 40.3 Å². The van der Waals surface area contributed by atoms with E-state index in [0.717, 1.165) is 0 Å². The highest BCUT2D eigenvalue weighted by molar-refractivity contribution is 7.57. The van der Waals surface area contributed by atoms with E-state index in [1.165, 1.54) is 16.4 Å². The normalized spacial score (nSPS) is 19.2. The van der Waals surface area contributed by atoms with E-state index >= 15 is 0 Å². The number of hydrogen-bond donors (Lipinski definition) is 0. The minimum absolute atomic E-state index is 0.243. The summed E-state index contributed by atoms with van der Waals surface area (Å²) in [6.07, 6.45) is 7.84. The zero-order valence-electron chi connectivity index (χ0n) is 7.31. The van der Waals surface area contributed by atoms with E-state index < -0.39 is 0 Å². The lowest BCUT2D eigenvalue weighted by molar-refractivity contribution is 0.383. The van der Waals surface area contributed by atoms with E-state index in [0.29, 0.717) is 5.41 Å². The molecule has 0 aromatic carbocycles. The van der Waals surface area contributed by atoms with Gasteiger partial charge in [0, 0.05) is 0 Å². The largest absolute Gasteiger partial charge is 0.0962 e. The van der Waals surface area contributed by atoms with Crippen LogP contribution in [0.1, 0.15) is 27.7 Å². The maximum Gasteiger partial charge on any atom is 0.0545 e. The van der Waals surface area contributed by atoms with Crippen molar-refractivity contribution in [3.05, 3.63) is 0 Å². The van der Waals surface area contributed by atoms with E-state index in [4.69, 9.17) is 0 Å². The summed E-state index contributed by atoms with van der Waals surface area (Å²) in [6, 6.07) is 0. The molecule has 58 valence electrons. The third kappa shape index (κ3) is 1.91. The van der Waals surface area contributed by atoms with Crippen LogP contribution in [-0.4, -0.2) is 17.5 Å². The number of hydrogen-bond acceptors (Lipinski definition) is 0. The highest BCUT2D eigenvalue weighted by Gasteiger charge is 2.32. The minimum atomic E-state index is 0.243. The molecule has 0 aliphatic rings. The molecular weight excluding hydrogens is 158 g/mol. The summed E-state index contributed by atoms with van der Waals surface area (Å²) < 4.78 is 0. The summed E-state index contributed by atoms with van der Waals surface area (Å²) in [4.78, 5) is 0.243. The molecule has 10 heavy (non-hydrogen) atoms. The van der Waals surface area contributed by atoms with Crippen LogP contribution in [0.4, 0.5) is 0 Å². The molecule has 0 rings (SSSR count). The van der Waals surface area contributed by atoms with E-state index in [1.807, 2.05) is 0 Å². The zero-order valence-corrected chi connectivity index (χ0v) is 9.10. The van der Waals surface area contributed by atoms with Crippen molar-refractivity contribution in [2.75, 3.05) is 0 Å². The summed E-state index contributed by atoms with van der Waals surface area (Å²) in [5.74, 6) is 0. The van der Waals surface area contributed by atoms with Crippen molar-refractivity contribution in [1.82, 2.24) is 0 Å². The Bertz CT molecular complexity index is 134. The predicted octanol–water partition coefficient (Wildman–Crippen LogP) is 3.51. The summed E-state index contributed by atoms with van der Waals surface area (Å²) in [7, 11) is 2.38. The Hall–Kier alpha value is 0.340. The lowest BCUT2D eigenvalue weighted by Crippen LogP contribution is -2.27. The van der Waals surface area contributed by atoms with Gasteiger partial charge in [-0.3, -0.25) is 0 Å².